The van der Waals surface area contributed by atoms with E-state index in [4.69, 9.17) is 4.42 Å². The summed E-state index contributed by atoms with van der Waals surface area (Å²) < 4.78 is 18.9. The fourth-order valence-corrected chi connectivity index (χ4v) is 2.64. The fraction of sp³-hybridized carbons (Fsp3) is 0.286. The Hall–Kier alpha value is -1.09. The molecule has 0 N–H and O–H groups in total. The summed E-state index contributed by atoms with van der Waals surface area (Å²) >= 11 is 3.60. The van der Waals surface area contributed by atoms with Crippen molar-refractivity contribution >= 4 is 15.9 Å². The summed E-state index contributed by atoms with van der Waals surface area (Å²) in [7, 11) is 0. The first-order valence-corrected chi connectivity index (χ1v) is 6.57. The third-order valence-corrected chi connectivity index (χ3v) is 3.61. The van der Waals surface area contributed by atoms with Gasteiger partial charge in [0.2, 0.25) is 0 Å². The van der Waals surface area contributed by atoms with Gasteiger partial charge in [0.05, 0.1) is 6.26 Å². The summed E-state index contributed by atoms with van der Waals surface area (Å²) in [6.45, 7) is 2.05. The lowest BCUT2D eigenvalue weighted by Crippen LogP contribution is -1.99. The predicted molar refractivity (Wildman–Crippen MR) is 69.9 cm³/mol. The topological polar surface area (TPSA) is 13.1 Å². The van der Waals surface area contributed by atoms with Crippen molar-refractivity contribution in [2.24, 2.45) is 0 Å². The standard InChI is InChI=1S/C14H14BrFO/c1-2-14-11(7-8-17-14)12(15)9-10-5-3-4-6-13(10)16/h3-8,12H,2,9H2,1H3. The number of hydrogen-bond donors (Lipinski definition) is 0. The lowest BCUT2D eigenvalue weighted by Gasteiger charge is -2.10. The molecule has 2 rings (SSSR count). The average molecular weight is 297 g/mol. The van der Waals surface area contributed by atoms with Gasteiger partial charge in [0, 0.05) is 16.8 Å². The second-order valence-corrected chi connectivity index (χ2v) is 5.02. The van der Waals surface area contributed by atoms with Crippen LogP contribution in [0.1, 0.15) is 28.6 Å². The molecular formula is C14H14BrFO. The Morgan fingerprint density at radius 3 is 2.76 bits per heavy atom. The molecule has 1 aromatic heterocycles. The smallest absolute Gasteiger partial charge is 0.126 e. The maximum absolute atomic E-state index is 13.5. The highest BCUT2D eigenvalue weighted by Gasteiger charge is 2.16. The molecule has 3 heteroatoms. The van der Waals surface area contributed by atoms with Crippen molar-refractivity contribution in [2.75, 3.05) is 0 Å². The van der Waals surface area contributed by atoms with Crippen LogP contribution in [-0.2, 0) is 12.8 Å². The zero-order valence-corrected chi connectivity index (χ0v) is 11.2. The van der Waals surface area contributed by atoms with Crippen molar-refractivity contribution < 1.29 is 8.81 Å². The number of benzene rings is 1. The second-order valence-electron chi connectivity index (χ2n) is 3.92. The van der Waals surface area contributed by atoms with Crippen LogP contribution in [-0.4, -0.2) is 0 Å². The molecule has 0 amide bonds. The first kappa shape index (κ1) is 12.4. The van der Waals surface area contributed by atoms with Gasteiger partial charge in [0.1, 0.15) is 11.6 Å². The number of alkyl halides is 1. The van der Waals surface area contributed by atoms with Crippen LogP contribution in [0.2, 0.25) is 0 Å². The Labute approximate surface area is 109 Å². The van der Waals surface area contributed by atoms with Gasteiger partial charge in [-0.25, -0.2) is 4.39 Å². The molecule has 0 saturated heterocycles. The quantitative estimate of drug-likeness (QED) is 0.748. The number of halogens is 2. The van der Waals surface area contributed by atoms with Gasteiger partial charge in [-0.1, -0.05) is 41.1 Å². The summed E-state index contributed by atoms with van der Waals surface area (Å²) in [5.41, 5.74) is 1.83. The van der Waals surface area contributed by atoms with Crippen LogP contribution < -0.4 is 0 Å². The molecule has 0 aliphatic heterocycles. The maximum Gasteiger partial charge on any atom is 0.126 e. The molecule has 0 aliphatic rings. The maximum atomic E-state index is 13.5. The Kier molecular flexibility index (Phi) is 4.00. The normalized spacial score (nSPS) is 12.6. The van der Waals surface area contributed by atoms with Crippen LogP contribution in [0.5, 0.6) is 0 Å². The Morgan fingerprint density at radius 1 is 1.29 bits per heavy atom. The minimum Gasteiger partial charge on any atom is -0.469 e. The van der Waals surface area contributed by atoms with Gasteiger partial charge in [-0.2, -0.15) is 0 Å². The predicted octanol–water partition coefficient (Wildman–Crippen LogP) is 4.66. The zero-order valence-electron chi connectivity index (χ0n) is 9.62. The molecule has 0 spiro atoms. The summed E-state index contributed by atoms with van der Waals surface area (Å²) in [5.74, 6) is 0.807. The number of rotatable bonds is 4. The van der Waals surface area contributed by atoms with Crippen LogP contribution in [0.4, 0.5) is 4.39 Å². The van der Waals surface area contributed by atoms with E-state index in [1.54, 1.807) is 12.3 Å². The van der Waals surface area contributed by atoms with Gasteiger partial charge in [-0.15, -0.1) is 0 Å². The molecule has 2 aromatic rings. The fourth-order valence-electron chi connectivity index (χ4n) is 1.88. The van der Waals surface area contributed by atoms with E-state index in [1.165, 1.54) is 6.07 Å². The highest BCUT2D eigenvalue weighted by Crippen LogP contribution is 2.31. The van der Waals surface area contributed by atoms with E-state index >= 15 is 0 Å². The number of furan rings is 1. The molecular weight excluding hydrogens is 283 g/mol. The highest BCUT2D eigenvalue weighted by molar-refractivity contribution is 9.09. The van der Waals surface area contributed by atoms with Gasteiger partial charge in [0.25, 0.3) is 0 Å². The number of aryl methyl sites for hydroxylation is 1. The summed E-state index contributed by atoms with van der Waals surface area (Å²) in [5, 5.41) is 0. The highest BCUT2D eigenvalue weighted by atomic mass is 79.9. The minimum absolute atomic E-state index is 0.0908. The number of hydrogen-bond acceptors (Lipinski definition) is 1. The van der Waals surface area contributed by atoms with Gasteiger partial charge in [0.15, 0.2) is 0 Å². The van der Waals surface area contributed by atoms with E-state index in [0.29, 0.717) is 6.42 Å². The van der Waals surface area contributed by atoms with Crippen LogP contribution in [0.15, 0.2) is 41.0 Å². The molecule has 0 bridgehead atoms. The first-order valence-electron chi connectivity index (χ1n) is 5.66. The van der Waals surface area contributed by atoms with Crippen LogP contribution in [0, 0.1) is 5.82 Å². The van der Waals surface area contributed by atoms with Gasteiger partial charge < -0.3 is 4.42 Å². The van der Waals surface area contributed by atoms with Crippen molar-refractivity contribution in [2.45, 2.75) is 24.6 Å². The van der Waals surface area contributed by atoms with E-state index in [9.17, 15) is 4.39 Å². The van der Waals surface area contributed by atoms with Crippen LogP contribution in [0.3, 0.4) is 0 Å². The van der Waals surface area contributed by atoms with Crippen LogP contribution >= 0.6 is 15.9 Å². The molecule has 90 valence electrons. The van der Waals surface area contributed by atoms with Crippen molar-refractivity contribution in [1.82, 2.24) is 0 Å². The largest absolute Gasteiger partial charge is 0.469 e. The van der Waals surface area contributed by atoms with E-state index in [2.05, 4.69) is 15.9 Å². The molecule has 0 radical (unpaired) electrons. The van der Waals surface area contributed by atoms with Gasteiger partial charge in [-0.05, 0) is 24.1 Å². The van der Waals surface area contributed by atoms with Crippen molar-refractivity contribution in [3.05, 3.63) is 59.3 Å². The molecule has 1 unspecified atom stereocenters. The Balaban J connectivity index is 2.17. The first-order chi connectivity index (χ1) is 8.22. The van der Waals surface area contributed by atoms with Gasteiger partial charge in [-0.3, -0.25) is 0 Å². The molecule has 0 saturated carbocycles. The zero-order chi connectivity index (χ0) is 12.3. The molecule has 1 atom stereocenters. The van der Waals surface area contributed by atoms with E-state index in [-0.39, 0.29) is 10.6 Å². The lowest BCUT2D eigenvalue weighted by molar-refractivity contribution is 0.510. The van der Waals surface area contributed by atoms with Crippen molar-refractivity contribution in [3.8, 4) is 0 Å². The third kappa shape index (κ3) is 2.78. The molecule has 0 fully saturated rings. The molecule has 0 aliphatic carbocycles. The molecule has 17 heavy (non-hydrogen) atoms. The second kappa shape index (κ2) is 5.50. The monoisotopic (exact) mass is 296 g/mol. The van der Waals surface area contributed by atoms with Gasteiger partial charge >= 0.3 is 0 Å². The lowest BCUT2D eigenvalue weighted by atomic mass is 10.0. The van der Waals surface area contributed by atoms with Crippen LogP contribution in [0.25, 0.3) is 0 Å². The molecule has 1 aromatic carbocycles. The van der Waals surface area contributed by atoms with E-state index < -0.39 is 0 Å². The minimum atomic E-state index is -0.154. The Bertz CT molecular complexity index is 492. The van der Waals surface area contributed by atoms with Crippen molar-refractivity contribution in [3.63, 3.8) is 0 Å². The SMILES string of the molecule is CCc1occc1C(Br)Cc1ccccc1F. The van der Waals surface area contributed by atoms with E-state index in [0.717, 1.165) is 23.3 Å². The summed E-state index contributed by atoms with van der Waals surface area (Å²) in [4.78, 5) is 0.0908. The Morgan fingerprint density at radius 2 is 2.06 bits per heavy atom. The molecule has 1 heterocycles. The van der Waals surface area contributed by atoms with Crippen molar-refractivity contribution in [1.29, 1.82) is 0 Å². The average Bonchev–Trinajstić information content (AvgIpc) is 2.80. The molecule has 1 nitrogen and oxygen atoms in total. The summed E-state index contributed by atoms with van der Waals surface area (Å²) in [6.07, 6.45) is 3.16. The summed E-state index contributed by atoms with van der Waals surface area (Å²) in [6, 6.07) is 8.81. The van der Waals surface area contributed by atoms with E-state index in [1.807, 2.05) is 25.1 Å². The third-order valence-electron chi connectivity index (χ3n) is 2.80.